The highest BCUT2D eigenvalue weighted by molar-refractivity contribution is 6.05. The van der Waals surface area contributed by atoms with Crippen LogP contribution in [0, 0.1) is 13.8 Å². The molecule has 0 fully saturated rings. The van der Waals surface area contributed by atoms with E-state index in [9.17, 15) is 9.59 Å². The molecular weight excluding hydrogens is 420 g/mol. The largest absolute Gasteiger partial charge is 0.494 e. The molecule has 3 aromatic carbocycles. The van der Waals surface area contributed by atoms with Crippen molar-refractivity contribution in [1.82, 2.24) is 0 Å². The third-order valence-corrected chi connectivity index (χ3v) is 4.86. The van der Waals surface area contributed by atoms with Crippen LogP contribution in [-0.2, 0) is 4.79 Å². The van der Waals surface area contributed by atoms with Crippen molar-refractivity contribution >= 4 is 23.2 Å². The minimum absolute atomic E-state index is 0.211. The van der Waals surface area contributed by atoms with Gasteiger partial charge in [-0.15, -0.1) is 0 Å². The lowest BCUT2D eigenvalue weighted by Gasteiger charge is -2.13. The highest BCUT2D eigenvalue weighted by Gasteiger charge is 2.14. The second-order valence-electron chi connectivity index (χ2n) is 7.43. The van der Waals surface area contributed by atoms with Gasteiger partial charge in [-0.25, -0.2) is 0 Å². The van der Waals surface area contributed by atoms with Crippen LogP contribution in [0.25, 0.3) is 0 Å². The average molecular weight is 449 g/mol. The van der Waals surface area contributed by atoms with Gasteiger partial charge in [-0.2, -0.15) is 0 Å². The van der Waals surface area contributed by atoms with Crippen molar-refractivity contribution in [2.45, 2.75) is 20.8 Å². The molecule has 0 spiro atoms. The van der Waals surface area contributed by atoms with E-state index >= 15 is 0 Å². The van der Waals surface area contributed by atoms with Crippen LogP contribution in [0.15, 0.2) is 60.7 Å². The number of aryl methyl sites for hydroxylation is 2. The van der Waals surface area contributed by atoms with E-state index in [-0.39, 0.29) is 18.4 Å². The molecule has 7 nitrogen and oxygen atoms in total. The second-order valence-corrected chi connectivity index (χ2v) is 7.43. The maximum absolute atomic E-state index is 12.7. The first-order valence-electron chi connectivity index (χ1n) is 10.6. The van der Waals surface area contributed by atoms with Crippen molar-refractivity contribution in [2.75, 3.05) is 31.0 Å². The molecular formula is C26H28N2O5. The van der Waals surface area contributed by atoms with E-state index in [0.29, 0.717) is 29.4 Å². The Labute approximate surface area is 193 Å². The van der Waals surface area contributed by atoms with E-state index in [4.69, 9.17) is 14.2 Å². The molecule has 0 aliphatic rings. The van der Waals surface area contributed by atoms with Crippen molar-refractivity contribution in [1.29, 1.82) is 0 Å². The smallest absolute Gasteiger partial charge is 0.262 e. The monoisotopic (exact) mass is 448 g/mol. The number of nitrogens with one attached hydrogen (secondary N) is 2. The van der Waals surface area contributed by atoms with Crippen molar-refractivity contribution in [3.8, 4) is 17.2 Å². The van der Waals surface area contributed by atoms with E-state index in [1.807, 2.05) is 39.0 Å². The van der Waals surface area contributed by atoms with E-state index < -0.39 is 0 Å². The molecule has 0 saturated carbocycles. The third kappa shape index (κ3) is 6.49. The summed E-state index contributed by atoms with van der Waals surface area (Å²) in [5.74, 6) is 0.871. The molecule has 0 aliphatic heterocycles. The van der Waals surface area contributed by atoms with E-state index in [1.54, 1.807) is 42.5 Å². The van der Waals surface area contributed by atoms with Crippen LogP contribution in [0.2, 0.25) is 0 Å². The normalized spacial score (nSPS) is 10.3. The number of hydrogen-bond acceptors (Lipinski definition) is 5. The van der Waals surface area contributed by atoms with Crippen LogP contribution in [0.4, 0.5) is 11.4 Å². The van der Waals surface area contributed by atoms with Crippen LogP contribution < -0.4 is 24.8 Å². The minimum Gasteiger partial charge on any atom is -0.494 e. The van der Waals surface area contributed by atoms with Crippen LogP contribution in [0.1, 0.15) is 28.4 Å². The molecule has 0 aliphatic carbocycles. The molecule has 0 atom stereocenters. The van der Waals surface area contributed by atoms with Crippen LogP contribution in [0.5, 0.6) is 17.2 Å². The number of hydrogen-bond donors (Lipinski definition) is 2. The minimum atomic E-state index is -0.321. The highest BCUT2D eigenvalue weighted by atomic mass is 16.5. The Bertz CT molecular complexity index is 1130. The van der Waals surface area contributed by atoms with Crippen LogP contribution >= 0.6 is 0 Å². The molecule has 0 bridgehead atoms. The maximum Gasteiger partial charge on any atom is 0.262 e. The summed E-state index contributed by atoms with van der Waals surface area (Å²) in [6, 6.07) is 17.7. The number of rotatable bonds is 9. The molecule has 3 rings (SSSR count). The number of benzene rings is 3. The Morgan fingerprint density at radius 2 is 1.61 bits per heavy atom. The van der Waals surface area contributed by atoms with Gasteiger partial charge in [0.1, 0.15) is 5.75 Å². The predicted molar refractivity (Wildman–Crippen MR) is 129 cm³/mol. The Morgan fingerprint density at radius 3 is 2.27 bits per heavy atom. The van der Waals surface area contributed by atoms with Gasteiger partial charge in [0.05, 0.1) is 13.7 Å². The maximum atomic E-state index is 12.7. The Morgan fingerprint density at radius 1 is 0.848 bits per heavy atom. The average Bonchev–Trinajstić information content (AvgIpc) is 2.80. The summed E-state index contributed by atoms with van der Waals surface area (Å²) in [6.45, 7) is 6.22. The van der Waals surface area contributed by atoms with Gasteiger partial charge in [0.25, 0.3) is 11.8 Å². The van der Waals surface area contributed by atoms with Crippen molar-refractivity contribution < 1.29 is 23.8 Å². The fraction of sp³-hybridized carbons (Fsp3) is 0.231. The second kappa shape index (κ2) is 11.0. The summed E-state index contributed by atoms with van der Waals surface area (Å²) in [5, 5.41) is 5.67. The topological polar surface area (TPSA) is 85.9 Å². The third-order valence-electron chi connectivity index (χ3n) is 4.86. The zero-order valence-corrected chi connectivity index (χ0v) is 19.2. The molecule has 172 valence electrons. The quantitative estimate of drug-likeness (QED) is 0.482. The molecule has 0 radical (unpaired) electrons. The molecule has 2 amide bonds. The van der Waals surface area contributed by atoms with Crippen LogP contribution in [-0.4, -0.2) is 32.1 Å². The first kappa shape index (κ1) is 23.7. The van der Waals surface area contributed by atoms with E-state index in [2.05, 4.69) is 10.6 Å². The summed E-state index contributed by atoms with van der Waals surface area (Å²) >= 11 is 0. The Balaban J connectivity index is 1.60. The lowest BCUT2D eigenvalue weighted by Crippen LogP contribution is -2.20. The number of amides is 2. The van der Waals surface area contributed by atoms with Gasteiger partial charge in [0.15, 0.2) is 18.1 Å². The predicted octanol–water partition coefficient (Wildman–Crippen LogP) is 4.98. The summed E-state index contributed by atoms with van der Waals surface area (Å²) in [5.41, 5.74) is 3.90. The van der Waals surface area contributed by atoms with Crippen molar-refractivity contribution in [3.63, 3.8) is 0 Å². The fourth-order valence-corrected chi connectivity index (χ4v) is 3.22. The van der Waals surface area contributed by atoms with Crippen molar-refractivity contribution in [3.05, 3.63) is 77.4 Å². The summed E-state index contributed by atoms with van der Waals surface area (Å²) in [6.07, 6.45) is 0. The lowest BCUT2D eigenvalue weighted by molar-refractivity contribution is -0.118. The lowest BCUT2D eigenvalue weighted by atomic mass is 10.1. The first-order chi connectivity index (χ1) is 15.9. The van der Waals surface area contributed by atoms with Gasteiger partial charge in [-0.05, 0) is 74.9 Å². The Hall–Kier alpha value is -4.00. The zero-order chi connectivity index (χ0) is 23.8. The first-order valence-corrected chi connectivity index (χ1v) is 10.6. The Kier molecular flexibility index (Phi) is 7.91. The molecule has 7 heteroatoms. The van der Waals surface area contributed by atoms with Gasteiger partial charge >= 0.3 is 0 Å². The molecule has 2 N–H and O–H groups in total. The summed E-state index contributed by atoms with van der Waals surface area (Å²) in [7, 11) is 1.48. The zero-order valence-electron chi connectivity index (χ0n) is 19.2. The number of carbonyl (C=O) groups is 2. The standard InChI is InChI=1S/C26H28N2O5/c1-5-32-21-10-8-20(9-11-21)27-25(29)16-33-23-13-7-19(15-24(23)31-4)26(30)28-22-12-6-17(2)14-18(22)3/h6-15H,5,16H2,1-4H3,(H,27,29)(H,28,30). The molecule has 0 aromatic heterocycles. The fourth-order valence-electron chi connectivity index (χ4n) is 3.22. The summed E-state index contributed by atoms with van der Waals surface area (Å²) < 4.78 is 16.4. The SMILES string of the molecule is CCOc1ccc(NC(=O)COc2ccc(C(=O)Nc3ccc(C)cc3C)cc2OC)cc1. The summed E-state index contributed by atoms with van der Waals surface area (Å²) in [4.78, 5) is 24.9. The number of anilines is 2. The molecule has 0 unspecified atom stereocenters. The molecule has 33 heavy (non-hydrogen) atoms. The molecule has 0 saturated heterocycles. The molecule has 0 heterocycles. The molecule has 3 aromatic rings. The van der Waals surface area contributed by atoms with Gasteiger partial charge in [-0.1, -0.05) is 17.7 Å². The van der Waals surface area contributed by atoms with Gasteiger partial charge in [0.2, 0.25) is 0 Å². The number of carbonyl (C=O) groups excluding carboxylic acids is 2. The van der Waals surface area contributed by atoms with Gasteiger partial charge in [-0.3, -0.25) is 9.59 Å². The van der Waals surface area contributed by atoms with Crippen LogP contribution in [0.3, 0.4) is 0 Å². The van der Waals surface area contributed by atoms with Gasteiger partial charge < -0.3 is 24.8 Å². The number of methoxy groups -OCH3 is 1. The van der Waals surface area contributed by atoms with E-state index in [0.717, 1.165) is 22.6 Å². The highest BCUT2D eigenvalue weighted by Crippen LogP contribution is 2.29. The number of ether oxygens (including phenoxy) is 3. The van der Waals surface area contributed by atoms with E-state index in [1.165, 1.54) is 7.11 Å². The van der Waals surface area contributed by atoms with Crippen molar-refractivity contribution in [2.24, 2.45) is 0 Å². The van der Waals surface area contributed by atoms with Gasteiger partial charge in [0, 0.05) is 16.9 Å².